The Labute approximate surface area is 156 Å². The lowest BCUT2D eigenvalue weighted by Gasteiger charge is -2.14. The van der Waals surface area contributed by atoms with E-state index in [1.807, 2.05) is 0 Å². The van der Waals surface area contributed by atoms with E-state index >= 15 is 0 Å². The van der Waals surface area contributed by atoms with Crippen molar-refractivity contribution in [2.24, 2.45) is 0 Å². The summed E-state index contributed by atoms with van der Waals surface area (Å²) < 4.78 is 46.6. The van der Waals surface area contributed by atoms with Crippen molar-refractivity contribution in [2.45, 2.75) is 19.6 Å². The number of ether oxygens (including phenoxy) is 2. The van der Waals surface area contributed by atoms with Crippen LogP contribution >= 0.6 is 0 Å². The van der Waals surface area contributed by atoms with E-state index in [9.17, 15) is 32.9 Å². The molecule has 0 fully saturated rings. The monoisotopic (exact) mass is 398 g/mol. The summed E-state index contributed by atoms with van der Waals surface area (Å²) in [6, 6.07) is 7.35. The summed E-state index contributed by atoms with van der Waals surface area (Å²) in [5, 5.41) is 13.0. The van der Waals surface area contributed by atoms with Gasteiger partial charge in [0.2, 0.25) is 5.82 Å². The average molecular weight is 398 g/mol. The van der Waals surface area contributed by atoms with Gasteiger partial charge in [0.05, 0.1) is 10.5 Å². The molecule has 0 saturated carbocycles. The van der Waals surface area contributed by atoms with E-state index in [0.29, 0.717) is 0 Å². The summed E-state index contributed by atoms with van der Waals surface area (Å²) >= 11 is 0. The van der Waals surface area contributed by atoms with E-state index in [0.717, 1.165) is 30.3 Å². The molecule has 0 aliphatic carbocycles. The van der Waals surface area contributed by atoms with Crippen molar-refractivity contribution >= 4 is 23.3 Å². The number of benzene rings is 2. The standard InChI is InChI=1S/C17H13F3N2O6/c1-9(15(23)21-11-4-7-13(18)14(8-11)22(25)26)27-16(24)10-2-5-12(6-3-10)28-17(19)20/h2-9,17H,1H3,(H,21,23)/t9-/m1/s1. The zero-order valence-corrected chi connectivity index (χ0v) is 14.2. The fourth-order valence-electron chi connectivity index (χ4n) is 2.03. The summed E-state index contributed by atoms with van der Waals surface area (Å²) in [4.78, 5) is 33.8. The second kappa shape index (κ2) is 8.84. The van der Waals surface area contributed by atoms with Gasteiger partial charge in [0.1, 0.15) is 5.75 Å². The summed E-state index contributed by atoms with van der Waals surface area (Å²) in [6.07, 6.45) is -1.30. The molecular formula is C17H13F3N2O6. The third-order valence-electron chi connectivity index (χ3n) is 3.38. The number of halogens is 3. The van der Waals surface area contributed by atoms with Crippen molar-refractivity contribution in [3.05, 3.63) is 64.0 Å². The largest absolute Gasteiger partial charge is 0.449 e. The minimum Gasteiger partial charge on any atom is -0.449 e. The Morgan fingerprint density at radius 3 is 2.36 bits per heavy atom. The molecule has 8 nitrogen and oxygen atoms in total. The van der Waals surface area contributed by atoms with Gasteiger partial charge in [-0.1, -0.05) is 0 Å². The van der Waals surface area contributed by atoms with Crippen LogP contribution in [0.1, 0.15) is 17.3 Å². The third kappa shape index (κ3) is 5.43. The van der Waals surface area contributed by atoms with Crippen LogP contribution in [-0.2, 0) is 9.53 Å². The van der Waals surface area contributed by atoms with Gasteiger partial charge in [-0.05, 0) is 43.3 Å². The molecule has 148 valence electrons. The lowest BCUT2D eigenvalue weighted by atomic mass is 10.2. The molecule has 0 aliphatic rings. The molecule has 1 N–H and O–H groups in total. The predicted octanol–water partition coefficient (Wildman–Crippen LogP) is 3.52. The molecule has 1 atom stereocenters. The molecule has 1 amide bonds. The number of nitro groups is 1. The highest BCUT2D eigenvalue weighted by molar-refractivity contribution is 5.97. The van der Waals surface area contributed by atoms with E-state index in [1.165, 1.54) is 19.1 Å². The molecule has 2 rings (SSSR count). The summed E-state index contributed by atoms with van der Waals surface area (Å²) in [5.74, 6) is -2.94. The van der Waals surface area contributed by atoms with Crippen LogP contribution in [0, 0.1) is 15.9 Å². The maximum Gasteiger partial charge on any atom is 0.387 e. The molecule has 0 spiro atoms. The Morgan fingerprint density at radius 2 is 1.79 bits per heavy atom. The number of alkyl halides is 2. The Balaban J connectivity index is 1.99. The van der Waals surface area contributed by atoms with Gasteiger partial charge in [-0.25, -0.2) is 4.79 Å². The molecule has 2 aromatic rings. The van der Waals surface area contributed by atoms with Gasteiger partial charge < -0.3 is 14.8 Å². The highest BCUT2D eigenvalue weighted by atomic mass is 19.3. The van der Waals surface area contributed by atoms with Crippen molar-refractivity contribution in [1.82, 2.24) is 0 Å². The van der Waals surface area contributed by atoms with Gasteiger partial charge in [0, 0.05) is 11.8 Å². The molecule has 0 unspecified atom stereocenters. The van der Waals surface area contributed by atoms with E-state index in [-0.39, 0.29) is 17.0 Å². The van der Waals surface area contributed by atoms with E-state index in [1.54, 1.807) is 0 Å². The molecule has 0 heterocycles. The highest BCUT2D eigenvalue weighted by Gasteiger charge is 2.21. The van der Waals surface area contributed by atoms with Gasteiger partial charge in [-0.15, -0.1) is 0 Å². The van der Waals surface area contributed by atoms with Gasteiger partial charge in [-0.2, -0.15) is 13.2 Å². The topological polar surface area (TPSA) is 108 Å². The zero-order valence-electron chi connectivity index (χ0n) is 14.2. The summed E-state index contributed by atoms with van der Waals surface area (Å²) in [5.41, 5.74) is -0.901. The first-order valence-corrected chi connectivity index (χ1v) is 7.68. The Kier molecular flexibility index (Phi) is 6.53. The number of esters is 1. The van der Waals surface area contributed by atoms with Crippen LogP contribution in [0.3, 0.4) is 0 Å². The van der Waals surface area contributed by atoms with Crippen LogP contribution < -0.4 is 10.1 Å². The molecule has 0 aliphatic heterocycles. The highest BCUT2D eigenvalue weighted by Crippen LogP contribution is 2.22. The normalized spacial score (nSPS) is 11.6. The van der Waals surface area contributed by atoms with Crippen molar-refractivity contribution in [1.29, 1.82) is 0 Å². The second-order valence-corrected chi connectivity index (χ2v) is 5.36. The molecular weight excluding hydrogens is 385 g/mol. The zero-order chi connectivity index (χ0) is 20.8. The van der Waals surface area contributed by atoms with Gasteiger partial charge in [-0.3, -0.25) is 14.9 Å². The molecule has 11 heteroatoms. The van der Waals surface area contributed by atoms with Gasteiger partial charge in [0.25, 0.3) is 5.91 Å². The lowest BCUT2D eigenvalue weighted by Crippen LogP contribution is -2.30. The molecule has 0 saturated heterocycles. The van der Waals surface area contributed by atoms with Crippen LogP contribution in [0.15, 0.2) is 42.5 Å². The number of hydrogen-bond donors (Lipinski definition) is 1. The SMILES string of the molecule is C[C@@H](OC(=O)c1ccc(OC(F)F)cc1)C(=O)Nc1ccc(F)c([N+](=O)[O-])c1. The predicted molar refractivity (Wildman–Crippen MR) is 89.6 cm³/mol. The quantitative estimate of drug-likeness (QED) is 0.434. The van der Waals surface area contributed by atoms with Crippen LogP contribution in [0.25, 0.3) is 0 Å². The summed E-state index contributed by atoms with van der Waals surface area (Å²) in [6.45, 7) is -1.76. The number of amides is 1. The van der Waals surface area contributed by atoms with Crippen LogP contribution in [0.5, 0.6) is 5.75 Å². The fraction of sp³-hybridized carbons (Fsp3) is 0.176. The fourth-order valence-corrected chi connectivity index (χ4v) is 2.03. The first-order chi connectivity index (χ1) is 13.2. The molecule has 28 heavy (non-hydrogen) atoms. The van der Waals surface area contributed by atoms with E-state index in [4.69, 9.17) is 4.74 Å². The van der Waals surface area contributed by atoms with Crippen molar-refractivity contribution in [3.63, 3.8) is 0 Å². The Morgan fingerprint density at radius 1 is 1.14 bits per heavy atom. The molecule has 0 bridgehead atoms. The molecule has 0 aromatic heterocycles. The van der Waals surface area contributed by atoms with Crippen LogP contribution in [0.4, 0.5) is 24.5 Å². The van der Waals surface area contributed by atoms with Gasteiger partial charge >= 0.3 is 18.3 Å². The number of carbonyl (C=O) groups excluding carboxylic acids is 2. The second-order valence-electron chi connectivity index (χ2n) is 5.36. The summed E-state index contributed by atoms with van der Waals surface area (Å²) in [7, 11) is 0. The maximum absolute atomic E-state index is 13.3. The van der Waals surface area contributed by atoms with Crippen LogP contribution in [-0.4, -0.2) is 29.5 Å². The third-order valence-corrected chi connectivity index (χ3v) is 3.38. The lowest BCUT2D eigenvalue weighted by molar-refractivity contribution is -0.387. The minimum atomic E-state index is -3.01. The number of carbonyl (C=O) groups is 2. The van der Waals surface area contributed by atoms with E-state index < -0.39 is 41.0 Å². The Bertz CT molecular complexity index is 889. The van der Waals surface area contributed by atoms with E-state index in [2.05, 4.69) is 10.1 Å². The van der Waals surface area contributed by atoms with Gasteiger partial charge in [0.15, 0.2) is 6.10 Å². The van der Waals surface area contributed by atoms with Crippen LogP contribution in [0.2, 0.25) is 0 Å². The molecule has 0 radical (unpaired) electrons. The first-order valence-electron chi connectivity index (χ1n) is 7.68. The maximum atomic E-state index is 13.3. The van der Waals surface area contributed by atoms with Crippen molar-refractivity contribution in [2.75, 3.05) is 5.32 Å². The number of nitrogens with one attached hydrogen (secondary N) is 1. The number of anilines is 1. The van der Waals surface area contributed by atoms with Crippen molar-refractivity contribution in [3.8, 4) is 5.75 Å². The first kappa shape index (κ1) is 20.7. The average Bonchev–Trinajstić information content (AvgIpc) is 2.63. The number of rotatable bonds is 7. The number of hydrogen-bond acceptors (Lipinski definition) is 6. The number of nitro benzene ring substituents is 1. The van der Waals surface area contributed by atoms with Crippen molar-refractivity contribution < 1.29 is 37.2 Å². The number of nitrogens with zero attached hydrogens (tertiary/aromatic N) is 1. The smallest absolute Gasteiger partial charge is 0.387 e. The minimum absolute atomic E-state index is 0.0151. The Hall–Kier alpha value is -3.63. The molecule has 2 aromatic carbocycles.